The quantitative estimate of drug-likeness (QED) is 0.311. The first kappa shape index (κ1) is 19.7. The highest BCUT2D eigenvalue weighted by molar-refractivity contribution is 5.90. The zero-order valence-corrected chi connectivity index (χ0v) is 14.5. The molecular weight excluding hydrogens is 292 g/mol. The van der Waals surface area contributed by atoms with Crippen LogP contribution in [0, 0.1) is 0 Å². The average molecular weight is 324 g/mol. The van der Waals surface area contributed by atoms with Crippen molar-refractivity contribution >= 4 is 11.9 Å². The number of hydrogen-bond acceptors (Lipinski definition) is 3. The van der Waals surface area contributed by atoms with E-state index in [4.69, 9.17) is 9.84 Å². The molecule has 4 nitrogen and oxygen atoms in total. The summed E-state index contributed by atoms with van der Waals surface area (Å²) in [5, 5.41) is 8.57. The second kappa shape index (κ2) is 11.3. The number of esters is 1. The van der Waals surface area contributed by atoms with E-state index < -0.39 is 11.9 Å². The summed E-state index contributed by atoms with van der Waals surface area (Å²) < 4.78 is 5.62. The van der Waals surface area contributed by atoms with E-state index in [0.717, 1.165) is 50.7 Å². The predicted octanol–water partition coefficient (Wildman–Crippen LogP) is 5.01. The predicted molar refractivity (Wildman–Crippen MR) is 91.3 cm³/mol. The molecule has 0 aliphatic heterocycles. The lowest BCUT2D eigenvalue weighted by atomic mass is 9.93. The highest BCUT2D eigenvalue weighted by Gasteiger charge is 2.36. The Kier molecular flexibility index (Phi) is 9.65. The van der Waals surface area contributed by atoms with Crippen LogP contribution in [0.3, 0.4) is 0 Å². The monoisotopic (exact) mass is 324 g/mol. The summed E-state index contributed by atoms with van der Waals surface area (Å²) in [6.07, 6.45) is 16.9. The third kappa shape index (κ3) is 8.77. The van der Waals surface area contributed by atoms with Gasteiger partial charge in [0.1, 0.15) is 5.60 Å². The molecule has 4 heteroatoms. The Morgan fingerprint density at radius 3 is 2.09 bits per heavy atom. The van der Waals surface area contributed by atoms with Gasteiger partial charge in [0.2, 0.25) is 0 Å². The lowest BCUT2D eigenvalue weighted by Gasteiger charge is -2.28. The summed E-state index contributed by atoms with van der Waals surface area (Å²) in [6.45, 7) is 2.23. The molecule has 1 fully saturated rings. The fourth-order valence-corrected chi connectivity index (χ4v) is 3.39. The molecule has 0 heterocycles. The Hall–Kier alpha value is -1.32. The lowest BCUT2D eigenvalue weighted by molar-refractivity contribution is -0.154. The number of carbonyl (C=O) groups excluding carboxylic acids is 1. The molecule has 1 saturated carbocycles. The number of rotatable bonds is 12. The van der Waals surface area contributed by atoms with Crippen LogP contribution >= 0.6 is 0 Å². The van der Waals surface area contributed by atoms with Gasteiger partial charge in [-0.3, -0.25) is 0 Å². The molecule has 0 saturated heterocycles. The highest BCUT2D eigenvalue weighted by Crippen LogP contribution is 2.37. The zero-order chi connectivity index (χ0) is 17.0. The van der Waals surface area contributed by atoms with Gasteiger partial charge in [-0.1, -0.05) is 51.9 Å². The van der Waals surface area contributed by atoms with E-state index in [9.17, 15) is 9.59 Å². The van der Waals surface area contributed by atoms with Crippen LogP contribution < -0.4 is 0 Å². The largest absolute Gasteiger partial charge is 0.478 e. The Balaban J connectivity index is 2.26. The van der Waals surface area contributed by atoms with Gasteiger partial charge in [0.05, 0.1) is 0 Å². The first-order valence-corrected chi connectivity index (χ1v) is 9.22. The maximum atomic E-state index is 11.8. The normalized spacial score (nSPS) is 16.7. The topological polar surface area (TPSA) is 63.6 Å². The molecule has 1 aliphatic carbocycles. The van der Waals surface area contributed by atoms with Crippen LogP contribution in [-0.4, -0.2) is 22.6 Å². The van der Waals surface area contributed by atoms with Gasteiger partial charge >= 0.3 is 11.9 Å². The van der Waals surface area contributed by atoms with E-state index in [1.165, 1.54) is 44.9 Å². The standard InChI is InChI=1S/C19H32O4/c1-2-3-4-5-6-7-8-9-14-19(15-10-11-16-19)23-18(22)13-12-17(20)21/h12-13H,2-11,14-16H2,1H3,(H,20,21)/b13-12+. The van der Waals surface area contributed by atoms with E-state index >= 15 is 0 Å². The van der Waals surface area contributed by atoms with Crippen molar-refractivity contribution in [2.75, 3.05) is 0 Å². The van der Waals surface area contributed by atoms with Crippen LogP contribution in [0.2, 0.25) is 0 Å². The van der Waals surface area contributed by atoms with Gasteiger partial charge in [0.25, 0.3) is 0 Å². The van der Waals surface area contributed by atoms with Crippen molar-refractivity contribution in [2.45, 2.75) is 96.0 Å². The molecule has 1 aliphatic rings. The molecule has 0 radical (unpaired) electrons. The highest BCUT2D eigenvalue weighted by atomic mass is 16.6. The number of hydrogen-bond donors (Lipinski definition) is 1. The molecule has 0 aromatic heterocycles. The molecule has 0 aromatic rings. The maximum absolute atomic E-state index is 11.8. The number of unbranched alkanes of at least 4 members (excludes halogenated alkanes) is 7. The molecule has 0 unspecified atom stereocenters. The summed E-state index contributed by atoms with van der Waals surface area (Å²) in [4.78, 5) is 22.2. The Morgan fingerprint density at radius 1 is 0.957 bits per heavy atom. The fraction of sp³-hybridized carbons (Fsp3) is 0.789. The number of carboxylic acid groups (broad SMARTS) is 1. The second-order valence-corrected chi connectivity index (χ2v) is 6.71. The van der Waals surface area contributed by atoms with Crippen molar-refractivity contribution in [3.05, 3.63) is 12.2 Å². The third-order valence-corrected chi connectivity index (χ3v) is 4.68. The molecular formula is C19H32O4. The van der Waals surface area contributed by atoms with Crippen molar-refractivity contribution in [3.8, 4) is 0 Å². The smallest absolute Gasteiger partial charge is 0.331 e. The Labute approximate surface area is 140 Å². The van der Waals surface area contributed by atoms with Crippen LogP contribution in [0.1, 0.15) is 90.4 Å². The third-order valence-electron chi connectivity index (χ3n) is 4.68. The number of carboxylic acids is 1. The summed E-state index contributed by atoms with van der Waals surface area (Å²) in [5.41, 5.74) is -0.345. The first-order chi connectivity index (χ1) is 11.1. The Bertz CT molecular complexity index is 381. The minimum atomic E-state index is -1.12. The van der Waals surface area contributed by atoms with Crippen molar-refractivity contribution in [1.29, 1.82) is 0 Å². The minimum Gasteiger partial charge on any atom is -0.478 e. The van der Waals surface area contributed by atoms with Crippen LogP contribution in [0.5, 0.6) is 0 Å². The van der Waals surface area contributed by atoms with Crippen LogP contribution in [-0.2, 0) is 14.3 Å². The van der Waals surface area contributed by atoms with E-state index in [1.807, 2.05) is 0 Å². The van der Waals surface area contributed by atoms with Gasteiger partial charge in [-0.25, -0.2) is 9.59 Å². The van der Waals surface area contributed by atoms with Crippen LogP contribution in [0.15, 0.2) is 12.2 Å². The van der Waals surface area contributed by atoms with E-state index in [-0.39, 0.29) is 5.60 Å². The first-order valence-electron chi connectivity index (χ1n) is 9.22. The van der Waals surface area contributed by atoms with Gasteiger partial charge in [0.15, 0.2) is 0 Å². The Morgan fingerprint density at radius 2 is 1.52 bits per heavy atom. The summed E-state index contributed by atoms with van der Waals surface area (Å²) in [5.74, 6) is -1.64. The molecule has 1 N–H and O–H groups in total. The summed E-state index contributed by atoms with van der Waals surface area (Å²) in [7, 11) is 0. The molecule has 0 spiro atoms. The molecule has 0 bridgehead atoms. The van der Waals surface area contributed by atoms with Gasteiger partial charge in [-0.2, -0.15) is 0 Å². The van der Waals surface area contributed by atoms with Crippen molar-refractivity contribution in [3.63, 3.8) is 0 Å². The molecule has 132 valence electrons. The second-order valence-electron chi connectivity index (χ2n) is 6.71. The van der Waals surface area contributed by atoms with E-state index in [0.29, 0.717) is 0 Å². The van der Waals surface area contributed by atoms with Gasteiger partial charge in [-0.05, 0) is 38.5 Å². The van der Waals surface area contributed by atoms with Crippen molar-refractivity contribution < 1.29 is 19.4 Å². The van der Waals surface area contributed by atoms with E-state index in [1.54, 1.807) is 0 Å². The summed E-state index contributed by atoms with van der Waals surface area (Å²) >= 11 is 0. The van der Waals surface area contributed by atoms with Gasteiger partial charge in [-0.15, -0.1) is 0 Å². The molecule has 0 amide bonds. The van der Waals surface area contributed by atoms with Crippen LogP contribution in [0.25, 0.3) is 0 Å². The molecule has 0 atom stereocenters. The summed E-state index contributed by atoms with van der Waals surface area (Å²) in [6, 6.07) is 0. The lowest BCUT2D eigenvalue weighted by Crippen LogP contribution is -2.31. The number of ether oxygens (including phenoxy) is 1. The fourth-order valence-electron chi connectivity index (χ4n) is 3.39. The molecule has 0 aromatic carbocycles. The average Bonchev–Trinajstić information content (AvgIpc) is 2.96. The maximum Gasteiger partial charge on any atom is 0.331 e. The zero-order valence-electron chi connectivity index (χ0n) is 14.5. The molecule has 1 rings (SSSR count). The van der Waals surface area contributed by atoms with Crippen molar-refractivity contribution in [2.24, 2.45) is 0 Å². The SMILES string of the molecule is CCCCCCCCCCC1(OC(=O)/C=C/C(=O)O)CCCC1. The van der Waals surface area contributed by atoms with E-state index in [2.05, 4.69) is 6.92 Å². The van der Waals surface area contributed by atoms with Gasteiger partial charge in [0, 0.05) is 12.2 Å². The van der Waals surface area contributed by atoms with Crippen LogP contribution in [0.4, 0.5) is 0 Å². The molecule has 23 heavy (non-hydrogen) atoms. The van der Waals surface area contributed by atoms with Gasteiger partial charge < -0.3 is 9.84 Å². The van der Waals surface area contributed by atoms with Crippen molar-refractivity contribution in [1.82, 2.24) is 0 Å². The minimum absolute atomic E-state index is 0.345. The number of aliphatic carboxylic acids is 1. The number of carbonyl (C=O) groups is 2.